The lowest BCUT2D eigenvalue weighted by Crippen LogP contribution is -2.47. The first-order chi connectivity index (χ1) is 8.88. The molecule has 104 valence electrons. The van der Waals surface area contributed by atoms with Crippen molar-refractivity contribution in [2.75, 3.05) is 13.1 Å². The summed E-state index contributed by atoms with van der Waals surface area (Å²) < 4.78 is 35.3. The number of amides is 1. The van der Waals surface area contributed by atoms with Gasteiger partial charge in [-0.1, -0.05) is 0 Å². The number of nitrogens with zero attached hydrogens (tertiary/aromatic N) is 2. The Bertz CT molecular complexity index is 573. The molecule has 1 aliphatic heterocycles. The second kappa shape index (κ2) is 5.22. The summed E-state index contributed by atoms with van der Waals surface area (Å²) in [5.74, 6) is -0.939. The number of pyridine rings is 1. The first-order valence-electron chi connectivity index (χ1n) is 5.80. The largest absolute Gasteiger partial charge is 0.336 e. The number of aromatic nitrogens is 1. The fourth-order valence-corrected chi connectivity index (χ4v) is 2.94. The zero-order chi connectivity index (χ0) is 14.0. The van der Waals surface area contributed by atoms with E-state index in [1.165, 1.54) is 11.0 Å². The number of sulfonamides is 1. The molecule has 2 heterocycles. The third kappa shape index (κ3) is 3.27. The van der Waals surface area contributed by atoms with Crippen molar-refractivity contribution in [1.82, 2.24) is 9.88 Å². The Balaban J connectivity index is 2.13. The number of piperidine rings is 1. The smallest absolute Gasteiger partial charge is 0.272 e. The van der Waals surface area contributed by atoms with E-state index >= 15 is 0 Å². The van der Waals surface area contributed by atoms with E-state index in [1.807, 2.05) is 0 Å². The van der Waals surface area contributed by atoms with Gasteiger partial charge in [-0.05, 0) is 25.0 Å². The molecule has 0 saturated carbocycles. The molecule has 1 aromatic rings. The van der Waals surface area contributed by atoms with Crippen molar-refractivity contribution in [3.63, 3.8) is 0 Å². The van der Waals surface area contributed by atoms with E-state index in [2.05, 4.69) is 4.98 Å². The van der Waals surface area contributed by atoms with Crippen molar-refractivity contribution in [3.05, 3.63) is 29.8 Å². The number of hydrogen-bond acceptors (Lipinski definition) is 4. The molecule has 2 rings (SSSR count). The van der Waals surface area contributed by atoms with Crippen LogP contribution in [0.15, 0.2) is 18.3 Å². The molecule has 6 nitrogen and oxygen atoms in total. The van der Waals surface area contributed by atoms with Crippen molar-refractivity contribution in [2.24, 2.45) is 5.14 Å². The highest BCUT2D eigenvalue weighted by Crippen LogP contribution is 2.17. The summed E-state index contributed by atoms with van der Waals surface area (Å²) in [4.78, 5) is 17.2. The summed E-state index contributed by atoms with van der Waals surface area (Å²) in [6, 6.07) is 2.42. The summed E-state index contributed by atoms with van der Waals surface area (Å²) in [6.45, 7) is 0.501. The molecule has 0 radical (unpaired) electrons. The number of carbonyl (C=O) groups is 1. The third-order valence-corrected chi connectivity index (χ3v) is 4.39. The number of rotatable bonds is 2. The van der Waals surface area contributed by atoms with E-state index in [0.29, 0.717) is 19.4 Å². The minimum Gasteiger partial charge on any atom is -0.336 e. The molecule has 1 fully saturated rings. The Morgan fingerprint density at radius 3 is 2.79 bits per heavy atom. The third-order valence-electron chi connectivity index (χ3n) is 3.08. The molecule has 0 bridgehead atoms. The summed E-state index contributed by atoms with van der Waals surface area (Å²) >= 11 is 0. The maximum absolute atomic E-state index is 12.7. The van der Waals surface area contributed by atoms with Crippen LogP contribution in [-0.2, 0) is 10.0 Å². The molecule has 1 aliphatic rings. The Morgan fingerprint density at radius 1 is 1.47 bits per heavy atom. The molecule has 1 amide bonds. The average molecular weight is 287 g/mol. The first kappa shape index (κ1) is 13.9. The fraction of sp³-hybridized carbons (Fsp3) is 0.455. The molecule has 1 saturated heterocycles. The predicted molar refractivity (Wildman–Crippen MR) is 66.2 cm³/mol. The minimum atomic E-state index is -3.66. The van der Waals surface area contributed by atoms with Crippen molar-refractivity contribution in [3.8, 4) is 0 Å². The van der Waals surface area contributed by atoms with E-state index in [4.69, 9.17) is 5.14 Å². The molecule has 0 spiro atoms. The molecular formula is C11H14FN3O3S. The minimum absolute atomic E-state index is 0.0523. The molecule has 1 unspecified atom stereocenters. The van der Waals surface area contributed by atoms with Gasteiger partial charge < -0.3 is 4.90 Å². The van der Waals surface area contributed by atoms with Gasteiger partial charge in [-0.3, -0.25) is 4.79 Å². The van der Waals surface area contributed by atoms with Crippen LogP contribution in [0.5, 0.6) is 0 Å². The average Bonchev–Trinajstić information content (AvgIpc) is 2.38. The Hall–Kier alpha value is -1.54. The number of carbonyl (C=O) groups excluding carboxylic acids is 1. The molecule has 1 aromatic heterocycles. The fourth-order valence-electron chi connectivity index (χ4n) is 2.06. The molecule has 8 heteroatoms. The Morgan fingerprint density at radius 2 is 2.21 bits per heavy atom. The van der Waals surface area contributed by atoms with E-state index < -0.39 is 27.0 Å². The number of likely N-dealkylation sites (tertiary alicyclic amines) is 1. The maximum atomic E-state index is 12.7. The quantitative estimate of drug-likeness (QED) is 0.835. The SMILES string of the molecule is NS(=O)(=O)C1CCCN(C(=O)c2ccc(F)cn2)C1. The van der Waals surface area contributed by atoms with Crippen molar-refractivity contribution in [1.29, 1.82) is 0 Å². The molecule has 19 heavy (non-hydrogen) atoms. The van der Waals surface area contributed by atoms with Crippen LogP contribution in [0, 0.1) is 5.82 Å². The van der Waals surface area contributed by atoms with Crippen molar-refractivity contribution >= 4 is 15.9 Å². The van der Waals surface area contributed by atoms with Gasteiger partial charge >= 0.3 is 0 Å². The normalized spacial score (nSPS) is 20.3. The summed E-state index contributed by atoms with van der Waals surface area (Å²) in [5, 5.41) is 4.36. The van der Waals surface area contributed by atoms with Gasteiger partial charge in [-0.15, -0.1) is 0 Å². The second-order valence-corrected chi connectivity index (χ2v) is 6.31. The van der Waals surface area contributed by atoms with Crippen LogP contribution in [0.2, 0.25) is 0 Å². The van der Waals surface area contributed by atoms with Gasteiger partial charge in [0.25, 0.3) is 5.91 Å². The second-order valence-electron chi connectivity index (χ2n) is 4.47. The van der Waals surface area contributed by atoms with Crippen LogP contribution >= 0.6 is 0 Å². The maximum Gasteiger partial charge on any atom is 0.272 e. The number of hydrogen-bond donors (Lipinski definition) is 1. The number of nitrogens with two attached hydrogens (primary N) is 1. The van der Waals surface area contributed by atoms with E-state index in [0.717, 1.165) is 12.3 Å². The highest BCUT2D eigenvalue weighted by atomic mass is 32.2. The zero-order valence-corrected chi connectivity index (χ0v) is 10.9. The standard InChI is InChI=1S/C11H14FN3O3S/c12-8-3-4-10(14-6-8)11(16)15-5-1-2-9(7-15)19(13,17)18/h3-4,6,9H,1-2,5,7H2,(H2,13,17,18). The lowest BCUT2D eigenvalue weighted by atomic mass is 10.1. The molecular weight excluding hydrogens is 273 g/mol. The lowest BCUT2D eigenvalue weighted by molar-refractivity contribution is 0.0721. The highest BCUT2D eigenvalue weighted by Gasteiger charge is 2.31. The van der Waals surface area contributed by atoms with Gasteiger partial charge in [0.2, 0.25) is 10.0 Å². The predicted octanol–water partition coefficient (Wildman–Crippen LogP) is 0.114. The van der Waals surface area contributed by atoms with Gasteiger partial charge in [0.05, 0.1) is 11.4 Å². The summed E-state index contributed by atoms with van der Waals surface area (Å²) in [7, 11) is -3.66. The summed E-state index contributed by atoms with van der Waals surface area (Å²) in [5.41, 5.74) is 0.0940. The Kier molecular flexibility index (Phi) is 3.81. The molecule has 2 N–H and O–H groups in total. The lowest BCUT2D eigenvalue weighted by Gasteiger charge is -2.31. The Labute approximate surface area is 110 Å². The topological polar surface area (TPSA) is 93.4 Å². The van der Waals surface area contributed by atoms with Gasteiger partial charge in [0.15, 0.2) is 0 Å². The van der Waals surface area contributed by atoms with Crippen molar-refractivity contribution in [2.45, 2.75) is 18.1 Å². The van der Waals surface area contributed by atoms with Crippen LogP contribution in [0.3, 0.4) is 0 Å². The first-order valence-corrected chi connectivity index (χ1v) is 7.41. The van der Waals surface area contributed by atoms with E-state index in [-0.39, 0.29) is 12.2 Å². The number of primary sulfonamides is 1. The monoisotopic (exact) mass is 287 g/mol. The van der Waals surface area contributed by atoms with Crippen LogP contribution < -0.4 is 5.14 Å². The van der Waals surface area contributed by atoms with Gasteiger partial charge in [0, 0.05) is 13.1 Å². The van der Waals surface area contributed by atoms with Gasteiger partial charge in [-0.2, -0.15) is 0 Å². The molecule has 0 aromatic carbocycles. The molecule has 0 aliphatic carbocycles. The van der Waals surface area contributed by atoms with Crippen LogP contribution in [-0.4, -0.2) is 42.5 Å². The zero-order valence-electron chi connectivity index (χ0n) is 10.1. The van der Waals surface area contributed by atoms with Crippen LogP contribution in [0.1, 0.15) is 23.3 Å². The van der Waals surface area contributed by atoms with Gasteiger partial charge in [0.1, 0.15) is 11.5 Å². The highest BCUT2D eigenvalue weighted by molar-refractivity contribution is 7.89. The number of halogens is 1. The summed E-state index contributed by atoms with van der Waals surface area (Å²) in [6.07, 6.45) is 1.96. The van der Waals surface area contributed by atoms with E-state index in [9.17, 15) is 17.6 Å². The van der Waals surface area contributed by atoms with Crippen LogP contribution in [0.25, 0.3) is 0 Å². The molecule has 1 atom stereocenters. The van der Waals surface area contributed by atoms with Gasteiger partial charge in [-0.25, -0.2) is 22.9 Å². The van der Waals surface area contributed by atoms with Crippen LogP contribution in [0.4, 0.5) is 4.39 Å². The van der Waals surface area contributed by atoms with Crippen molar-refractivity contribution < 1.29 is 17.6 Å². The van der Waals surface area contributed by atoms with E-state index in [1.54, 1.807) is 0 Å².